The Morgan fingerprint density at radius 3 is 2.53 bits per heavy atom. The van der Waals surface area contributed by atoms with Crippen molar-refractivity contribution >= 4 is 11.6 Å². The number of halogens is 1. The van der Waals surface area contributed by atoms with Crippen LogP contribution in [-0.4, -0.2) is 35.1 Å². The summed E-state index contributed by atoms with van der Waals surface area (Å²) in [6, 6.07) is 0.234. The topological polar surface area (TPSA) is 39.1 Å². The SMILES string of the molecule is CCn1nc(C)c(Cl)c1CC(COC(C)(C)C)NC. The Hall–Kier alpha value is -0.580. The summed E-state index contributed by atoms with van der Waals surface area (Å²) in [6.07, 6.45) is 0.820. The lowest BCUT2D eigenvalue weighted by Crippen LogP contribution is -2.36. The van der Waals surface area contributed by atoms with Crippen LogP contribution in [0.5, 0.6) is 0 Å². The fourth-order valence-corrected chi connectivity index (χ4v) is 2.10. The molecular weight excluding hydrogens is 262 g/mol. The Balaban J connectivity index is 2.75. The lowest BCUT2D eigenvalue weighted by Gasteiger charge is -2.24. The first-order valence-corrected chi connectivity index (χ1v) is 7.19. The van der Waals surface area contributed by atoms with Gasteiger partial charge in [0.25, 0.3) is 0 Å². The molecule has 0 aliphatic rings. The highest BCUT2D eigenvalue weighted by Gasteiger charge is 2.19. The molecule has 1 aromatic heterocycles. The summed E-state index contributed by atoms with van der Waals surface area (Å²) in [5, 5.41) is 8.50. The van der Waals surface area contributed by atoms with Crippen LogP contribution in [0.1, 0.15) is 39.1 Å². The van der Waals surface area contributed by atoms with Crippen LogP contribution in [0.4, 0.5) is 0 Å². The Morgan fingerprint density at radius 1 is 1.42 bits per heavy atom. The van der Waals surface area contributed by atoms with Crippen LogP contribution in [-0.2, 0) is 17.7 Å². The minimum absolute atomic E-state index is 0.125. The van der Waals surface area contributed by atoms with Gasteiger partial charge in [-0.25, -0.2) is 0 Å². The van der Waals surface area contributed by atoms with Crippen molar-refractivity contribution in [3.8, 4) is 0 Å². The minimum Gasteiger partial charge on any atom is -0.374 e. The molecule has 1 N–H and O–H groups in total. The molecule has 0 radical (unpaired) electrons. The summed E-state index contributed by atoms with van der Waals surface area (Å²) in [5.74, 6) is 0. The van der Waals surface area contributed by atoms with Gasteiger partial charge in [0.1, 0.15) is 0 Å². The zero-order valence-electron chi connectivity index (χ0n) is 12.9. The third-order valence-corrected chi connectivity index (χ3v) is 3.51. The van der Waals surface area contributed by atoms with Gasteiger partial charge < -0.3 is 10.1 Å². The van der Waals surface area contributed by atoms with Crippen LogP contribution in [0.3, 0.4) is 0 Å². The van der Waals surface area contributed by atoms with Crippen LogP contribution in [0.25, 0.3) is 0 Å². The lowest BCUT2D eigenvalue weighted by molar-refractivity contribution is -0.0136. The first-order valence-electron chi connectivity index (χ1n) is 6.81. The molecule has 0 saturated heterocycles. The van der Waals surface area contributed by atoms with Crippen molar-refractivity contribution in [3.63, 3.8) is 0 Å². The van der Waals surface area contributed by atoms with Crippen LogP contribution in [0.15, 0.2) is 0 Å². The van der Waals surface area contributed by atoms with E-state index in [-0.39, 0.29) is 11.6 Å². The second kappa shape index (κ2) is 6.73. The molecule has 1 atom stereocenters. The highest BCUT2D eigenvalue weighted by molar-refractivity contribution is 6.31. The molecule has 1 unspecified atom stereocenters. The molecule has 0 aliphatic heterocycles. The molecule has 5 heteroatoms. The van der Waals surface area contributed by atoms with Gasteiger partial charge >= 0.3 is 0 Å². The van der Waals surface area contributed by atoms with E-state index in [9.17, 15) is 0 Å². The molecule has 1 heterocycles. The monoisotopic (exact) mass is 287 g/mol. The zero-order chi connectivity index (χ0) is 14.6. The van der Waals surface area contributed by atoms with Gasteiger partial charge in [-0.2, -0.15) is 5.10 Å². The van der Waals surface area contributed by atoms with Gasteiger partial charge in [-0.15, -0.1) is 0 Å². The highest BCUT2D eigenvalue weighted by Crippen LogP contribution is 2.22. The van der Waals surface area contributed by atoms with Crippen molar-refractivity contribution in [1.29, 1.82) is 0 Å². The molecule has 0 aromatic carbocycles. The number of likely N-dealkylation sites (N-methyl/N-ethyl adjacent to an activating group) is 1. The molecule has 1 rings (SSSR count). The van der Waals surface area contributed by atoms with E-state index in [1.54, 1.807) is 0 Å². The molecule has 0 aliphatic carbocycles. The van der Waals surface area contributed by atoms with Crippen LogP contribution >= 0.6 is 11.6 Å². The van der Waals surface area contributed by atoms with Crippen molar-refractivity contribution in [2.24, 2.45) is 0 Å². The molecule has 19 heavy (non-hydrogen) atoms. The van der Waals surface area contributed by atoms with Gasteiger partial charge in [-0.05, 0) is 41.7 Å². The average molecular weight is 288 g/mol. The molecule has 0 spiro atoms. The number of nitrogens with zero attached hydrogens (tertiary/aromatic N) is 2. The summed E-state index contributed by atoms with van der Waals surface area (Å²) in [4.78, 5) is 0. The summed E-state index contributed by atoms with van der Waals surface area (Å²) in [7, 11) is 1.95. The Labute approximate surface area is 121 Å². The maximum absolute atomic E-state index is 6.33. The van der Waals surface area contributed by atoms with Gasteiger partial charge in [0, 0.05) is 19.0 Å². The number of ether oxygens (including phenoxy) is 1. The predicted molar refractivity (Wildman–Crippen MR) is 79.9 cm³/mol. The molecule has 0 amide bonds. The van der Waals surface area contributed by atoms with Gasteiger partial charge in [0.2, 0.25) is 0 Å². The van der Waals surface area contributed by atoms with Gasteiger partial charge in [-0.3, -0.25) is 4.68 Å². The van der Waals surface area contributed by atoms with E-state index in [0.717, 1.165) is 29.4 Å². The molecule has 1 aromatic rings. The van der Waals surface area contributed by atoms with E-state index < -0.39 is 0 Å². The van der Waals surface area contributed by atoms with Crippen molar-refractivity contribution in [3.05, 3.63) is 16.4 Å². The Morgan fingerprint density at radius 2 is 2.05 bits per heavy atom. The number of rotatable bonds is 6. The number of hydrogen-bond acceptors (Lipinski definition) is 3. The van der Waals surface area contributed by atoms with Crippen LogP contribution < -0.4 is 5.32 Å². The molecule has 4 nitrogen and oxygen atoms in total. The van der Waals surface area contributed by atoms with E-state index in [1.165, 1.54) is 0 Å². The maximum atomic E-state index is 6.33. The Kier molecular flexibility index (Phi) is 5.83. The van der Waals surface area contributed by atoms with Crippen molar-refractivity contribution in [2.45, 2.75) is 59.2 Å². The summed E-state index contributed by atoms with van der Waals surface area (Å²) in [6.45, 7) is 11.7. The third-order valence-electron chi connectivity index (χ3n) is 3.02. The number of aromatic nitrogens is 2. The quantitative estimate of drug-likeness (QED) is 0.874. The van der Waals surface area contributed by atoms with Crippen LogP contribution in [0, 0.1) is 6.92 Å². The fourth-order valence-electron chi connectivity index (χ4n) is 1.89. The Bertz CT molecular complexity index is 410. The van der Waals surface area contributed by atoms with Gasteiger partial charge in [0.15, 0.2) is 0 Å². The summed E-state index contributed by atoms with van der Waals surface area (Å²) >= 11 is 6.33. The molecule has 0 fully saturated rings. The lowest BCUT2D eigenvalue weighted by atomic mass is 10.1. The second-order valence-electron chi connectivity index (χ2n) is 5.77. The standard InChI is InChI=1S/C14H26ClN3O/c1-7-18-12(13(15)10(2)17-18)8-11(16-6)9-19-14(3,4)5/h11,16H,7-9H2,1-6H3. The summed E-state index contributed by atoms with van der Waals surface area (Å²) in [5.41, 5.74) is 1.85. The summed E-state index contributed by atoms with van der Waals surface area (Å²) < 4.78 is 7.81. The van der Waals surface area contributed by atoms with E-state index >= 15 is 0 Å². The smallest absolute Gasteiger partial charge is 0.0847 e. The zero-order valence-corrected chi connectivity index (χ0v) is 13.6. The number of hydrogen-bond donors (Lipinski definition) is 1. The van der Waals surface area contributed by atoms with E-state index in [1.807, 2.05) is 18.7 Å². The minimum atomic E-state index is -0.125. The maximum Gasteiger partial charge on any atom is 0.0847 e. The van der Waals surface area contributed by atoms with Crippen molar-refractivity contribution < 1.29 is 4.74 Å². The highest BCUT2D eigenvalue weighted by atomic mass is 35.5. The second-order valence-corrected chi connectivity index (χ2v) is 6.15. The predicted octanol–water partition coefficient (Wildman–Crippen LogP) is 2.81. The number of nitrogens with one attached hydrogen (secondary N) is 1. The van der Waals surface area contributed by atoms with Crippen molar-refractivity contribution in [1.82, 2.24) is 15.1 Å². The normalized spacial score (nSPS) is 13.8. The molecular formula is C14H26ClN3O. The number of aryl methyl sites for hydroxylation is 2. The molecule has 110 valence electrons. The van der Waals surface area contributed by atoms with Gasteiger partial charge in [0.05, 0.1) is 28.6 Å². The van der Waals surface area contributed by atoms with E-state index in [4.69, 9.17) is 16.3 Å². The van der Waals surface area contributed by atoms with Crippen molar-refractivity contribution in [2.75, 3.05) is 13.7 Å². The first-order chi connectivity index (χ1) is 8.78. The van der Waals surface area contributed by atoms with Gasteiger partial charge in [-0.1, -0.05) is 11.6 Å². The van der Waals surface area contributed by atoms with E-state index in [2.05, 4.69) is 38.1 Å². The largest absolute Gasteiger partial charge is 0.374 e. The first kappa shape index (κ1) is 16.5. The van der Waals surface area contributed by atoms with E-state index in [0.29, 0.717) is 6.61 Å². The average Bonchev–Trinajstić information content (AvgIpc) is 2.60. The fraction of sp³-hybridized carbons (Fsp3) is 0.786. The molecule has 0 bridgehead atoms. The molecule has 0 saturated carbocycles. The van der Waals surface area contributed by atoms with Crippen LogP contribution in [0.2, 0.25) is 5.02 Å². The third kappa shape index (κ3) is 4.79.